The first kappa shape index (κ1) is 15.9. The average Bonchev–Trinajstić information content (AvgIpc) is 2.85. The maximum absolute atomic E-state index is 12.5. The topological polar surface area (TPSA) is 70.9 Å². The number of carbonyl (C=O) groups is 1. The molecule has 1 aliphatic carbocycles. The van der Waals surface area contributed by atoms with Gasteiger partial charge in [0.15, 0.2) is 0 Å². The van der Waals surface area contributed by atoms with Crippen LogP contribution in [0.4, 0.5) is 5.69 Å². The van der Waals surface area contributed by atoms with Crippen molar-refractivity contribution in [3.8, 4) is 0 Å². The van der Waals surface area contributed by atoms with Crippen molar-refractivity contribution >= 4 is 34.9 Å². The van der Waals surface area contributed by atoms with Crippen LogP contribution >= 0.6 is 12.4 Å². The average molecular weight is 308 g/mol. The van der Waals surface area contributed by atoms with Crippen molar-refractivity contribution in [1.82, 2.24) is 4.98 Å². The molecule has 0 saturated heterocycles. The molecule has 2 aromatic rings. The molecule has 114 valence electrons. The molecule has 0 spiro atoms. The van der Waals surface area contributed by atoms with Crippen LogP contribution in [0.3, 0.4) is 0 Å². The van der Waals surface area contributed by atoms with Gasteiger partial charge in [0, 0.05) is 28.3 Å². The monoisotopic (exact) mass is 307 g/mol. The van der Waals surface area contributed by atoms with Gasteiger partial charge >= 0.3 is 0 Å². The van der Waals surface area contributed by atoms with Crippen LogP contribution in [0.15, 0.2) is 30.5 Å². The molecule has 1 fully saturated rings. The molecule has 4 N–H and O–H groups in total. The minimum Gasteiger partial charge on any atom is -0.361 e. The lowest BCUT2D eigenvalue weighted by atomic mass is 9.74. The summed E-state index contributed by atoms with van der Waals surface area (Å²) in [5.74, 6) is -0.0530. The van der Waals surface area contributed by atoms with Crippen LogP contribution in [0.5, 0.6) is 0 Å². The number of rotatable bonds is 2. The number of fused-ring (bicyclic) bond motifs is 1. The van der Waals surface area contributed by atoms with E-state index < -0.39 is 0 Å². The minimum atomic E-state index is -0.388. The highest BCUT2D eigenvalue weighted by atomic mass is 35.5. The van der Waals surface area contributed by atoms with E-state index in [0.29, 0.717) is 0 Å². The maximum atomic E-state index is 12.5. The van der Waals surface area contributed by atoms with Gasteiger partial charge in [-0.1, -0.05) is 12.8 Å². The summed E-state index contributed by atoms with van der Waals surface area (Å²) in [4.78, 5) is 15.6. The Bertz CT molecular complexity index is 635. The maximum Gasteiger partial charge on any atom is 0.229 e. The number of H-pyrrole nitrogens is 1. The molecule has 1 aromatic carbocycles. The summed E-state index contributed by atoms with van der Waals surface area (Å²) >= 11 is 0. The van der Waals surface area contributed by atoms with Crippen LogP contribution in [0.25, 0.3) is 10.9 Å². The zero-order chi connectivity index (χ0) is 14.2. The third kappa shape index (κ3) is 3.22. The molecular formula is C16H22ClN3O. The summed E-state index contributed by atoms with van der Waals surface area (Å²) in [6.07, 6.45) is 5.90. The lowest BCUT2D eigenvalue weighted by Crippen LogP contribution is -2.51. The third-order valence-electron chi connectivity index (χ3n) is 4.39. The van der Waals surface area contributed by atoms with Gasteiger partial charge in [-0.2, -0.15) is 0 Å². The third-order valence-corrected chi connectivity index (χ3v) is 4.39. The summed E-state index contributed by atoms with van der Waals surface area (Å²) in [7, 11) is 0. The van der Waals surface area contributed by atoms with Gasteiger partial charge in [-0.15, -0.1) is 12.4 Å². The number of hydrogen-bond donors (Lipinski definition) is 3. The number of hydrogen-bond acceptors (Lipinski definition) is 2. The van der Waals surface area contributed by atoms with Crippen molar-refractivity contribution in [2.45, 2.75) is 38.1 Å². The number of nitrogens with two attached hydrogens (primary N) is 1. The number of anilines is 1. The predicted octanol–water partition coefficient (Wildman–Crippen LogP) is 3.44. The molecule has 1 heterocycles. The van der Waals surface area contributed by atoms with E-state index in [1.54, 1.807) is 0 Å². The van der Waals surface area contributed by atoms with E-state index in [0.717, 1.165) is 42.3 Å². The summed E-state index contributed by atoms with van der Waals surface area (Å²) in [6.45, 7) is 1.99. The highest BCUT2D eigenvalue weighted by molar-refractivity contribution is 5.95. The molecule has 1 aromatic heterocycles. The Hall–Kier alpha value is -1.52. The van der Waals surface area contributed by atoms with Gasteiger partial charge in [0.25, 0.3) is 0 Å². The predicted molar refractivity (Wildman–Crippen MR) is 88.7 cm³/mol. The Morgan fingerprint density at radius 2 is 2.19 bits per heavy atom. The number of nitrogens with one attached hydrogen (secondary N) is 2. The van der Waals surface area contributed by atoms with Crippen LogP contribution in [0.1, 0.15) is 32.6 Å². The second-order valence-electron chi connectivity index (χ2n) is 6.07. The van der Waals surface area contributed by atoms with Crippen molar-refractivity contribution in [3.63, 3.8) is 0 Å². The van der Waals surface area contributed by atoms with E-state index in [2.05, 4.69) is 10.3 Å². The molecular weight excluding hydrogens is 286 g/mol. The van der Waals surface area contributed by atoms with Gasteiger partial charge in [-0.3, -0.25) is 4.79 Å². The van der Waals surface area contributed by atoms with Crippen LogP contribution < -0.4 is 11.1 Å². The van der Waals surface area contributed by atoms with Gasteiger partial charge in [0.1, 0.15) is 0 Å². The first-order valence-electron chi connectivity index (χ1n) is 7.23. The molecule has 0 aliphatic heterocycles. The number of carbonyl (C=O) groups excluding carboxylic acids is 1. The molecule has 2 unspecified atom stereocenters. The fraction of sp³-hybridized carbons (Fsp3) is 0.438. The van der Waals surface area contributed by atoms with Gasteiger partial charge in [-0.05, 0) is 44.0 Å². The van der Waals surface area contributed by atoms with E-state index in [9.17, 15) is 4.79 Å². The van der Waals surface area contributed by atoms with Crippen molar-refractivity contribution in [1.29, 1.82) is 0 Å². The smallest absolute Gasteiger partial charge is 0.229 e. The molecule has 1 aliphatic rings. The largest absolute Gasteiger partial charge is 0.361 e. The molecule has 3 rings (SSSR count). The van der Waals surface area contributed by atoms with Crippen LogP contribution in [-0.2, 0) is 4.79 Å². The Balaban J connectivity index is 0.00000161. The van der Waals surface area contributed by atoms with Crippen molar-refractivity contribution in [2.75, 3.05) is 5.32 Å². The van der Waals surface area contributed by atoms with E-state index >= 15 is 0 Å². The summed E-state index contributed by atoms with van der Waals surface area (Å²) in [5.41, 5.74) is 7.81. The van der Waals surface area contributed by atoms with Gasteiger partial charge in [0.2, 0.25) is 5.91 Å². The van der Waals surface area contributed by atoms with Gasteiger partial charge in [0.05, 0.1) is 5.92 Å². The van der Waals surface area contributed by atoms with Crippen molar-refractivity contribution < 1.29 is 4.79 Å². The van der Waals surface area contributed by atoms with Crippen molar-refractivity contribution in [2.24, 2.45) is 11.7 Å². The normalized spacial score (nSPS) is 25.3. The first-order valence-corrected chi connectivity index (χ1v) is 7.23. The number of benzene rings is 1. The highest BCUT2D eigenvalue weighted by Gasteiger charge is 2.37. The number of aromatic amines is 1. The number of aromatic nitrogens is 1. The van der Waals surface area contributed by atoms with Crippen LogP contribution in [-0.4, -0.2) is 16.4 Å². The molecule has 1 amide bonds. The Morgan fingerprint density at radius 3 is 2.95 bits per heavy atom. The second kappa shape index (κ2) is 6.08. The molecule has 5 heteroatoms. The Labute approximate surface area is 130 Å². The Kier molecular flexibility index (Phi) is 4.59. The molecule has 21 heavy (non-hydrogen) atoms. The quantitative estimate of drug-likeness (QED) is 0.795. The fourth-order valence-corrected chi connectivity index (χ4v) is 3.15. The molecule has 1 saturated carbocycles. The standard InChI is InChI=1S/C16H21N3O.ClH/c1-16(17)8-3-2-4-13(16)15(20)19-12-5-6-14-11(10-12)7-9-18-14;/h5-7,9-10,13,18H,2-4,8,17H2,1H3,(H,19,20);1H. The van der Waals surface area contributed by atoms with Crippen molar-refractivity contribution in [3.05, 3.63) is 30.5 Å². The summed E-state index contributed by atoms with van der Waals surface area (Å²) in [6, 6.07) is 7.89. The number of halogens is 1. The van der Waals surface area contributed by atoms with E-state index in [1.807, 2.05) is 37.4 Å². The van der Waals surface area contributed by atoms with E-state index in [-0.39, 0.29) is 29.8 Å². The van der Waals surface area contributed by atoms with Crippen LogP contribution in [0, 0.1) is 5.92 Å². The van der Waals surface area contributed by atoms with Crippen LogP contribution in [0.2, 0.25) is 0 Å². The first-order chi connectivity index (χ1) is 9.56. The van der Waals surface area contributed by atoms with E-state index in [1.165, 1.54) is 0 Å². The van der Waals surface area contributed by atoms with E-state index in [4.69, 9.17) is 5.73 Å². The molecule has 4 nitrogen and oxygen atoms in total. The highest BCUT2D eigenvalue weighted by Crippen LogP contribution is 2.32. The summed E-state index contributed by atoms with van der Waals surface area (Å²) in [5, 5.41) is 4.12. The number of amides is 1. The SMILES string of the molecule is CC1(N)CCCCC1C(=O)Nc1ccc2[nH]ccc2c1.Cl. The zero-order valence-electron chi connectivity index (χ0n) is 12.2. The fourth-order valence-electron chi connectivity index (χ4n) is 3.15. The summed E-state index contributed by atoms with van der Waals surface area (Å²) < 4.78 is 0. The Morgan fingerprint density at radius 1 is 1.38 bits per heavy atom. The van der Waals surface area contributed by atoms with Gasteiger partial charge < -0.3 is 16.0 Å². The minimum absolute atomic E-state index is 0. The molecule has 2 atom stereocenters. The molecule has 0 bridgehead atoms. The molecule has 0 radical (unpaired) electrons. The lowest BCUT2D eigenvalue weighted by molar-refractivity contribution is -0.122. The second-order valence-corrected chi connectivity index (χ2v) is 6.07. The zero-order valence-corrected chi connectivity index (χ0v) is 13.0. The van der Waals surface area contributed by atoms with Gasteiger partial charge in [-0.25, -0.2) is 0 Å². The lowest BCUT2D eigenvalue weighted by Gasteiger charge is -2.37.